The fourth-order valence-electron chi connectivity index (χ4n) is 2.05. The zero-order chi connectivity index (χ0) is 15.6. The molecule has 0 fully saturated rings. The van der Waals surface area contributed by atoms with Crippen LogP contribution in [0.25, 0.3) is 0 Å². The number of carboxylic acid groups (broad SMARTS) is 1. The third kappa shape index (κ3) is 3.38. The minimum atomic E-state index is -4.59. The van der Waals surface area contributed by atoms with Crippen LogP contribution >= 0.6 is 0 Å². The van der Waals surface area contributed by atoms with Crippen LogP contribution in [-0.2, 0) is 14.6 Å². The molecule has 0 aliphatic heterocycles. The van der Waals surface area contributed by atoms with Gasteiger partial charge < -0.3 is 10.4 Å². The summed E-state index contributed by atoms with van der Waals surface area (Å²) in [5.74, 6) is -4.92. The van der Waals surface area contributed by atoms with Crippen molar-refractivity contribution in [1.29, 1.82) is 0 Å². The SMILES string of the molecule is O=C(O)C1C=CC(Nc2ccc(S(=O)(=O)C(F)F)cc2)C1. The smallest absolute Gasteiger partial charge is 0.341 e. The number of carbonyl (C=O) groups is 1. The van der Waals surface area contributed by atoms with Crippen LogP contribution in [0, 0.1) is 5.92 Å². The summed E-state index contributed by atoms with van der Waals surface area (Å²) in [4.78, 5) is 10.4. The second kappa shape index (κ2) is 5.80. The maximum atomic E-state index is 12.4. The number of carboxylic acids is 1. The summed E-state index contributed by atoms with van der Waals surface area (Å²) in [6, 6.07) is 4.74. The number of nitrogens with one attached hydrogen (secondary N) is 1. The quantitative estimate of drug-likeness (QED) is 0.813. The van der Waals surface area contributed by atoms with E-state index < -0.39 is 32.4 Å². The van der Waals surface area contributed by atoms with Crippen LogP contribution in [0.5, 0.6) is 0 Å². The fourth-order valence-corrected chi connectivity index (χ4v) is 2.77. The molecule has 0 spiro atoms. The zero-order valence-electron chi connectivity index (χ0n) is 10.7. The van der Waals surface area contributed by atoms with Crippen LogP contribution in [0.3, 0.4) is 0 Å². The van der Waals surface area contributed by atoms with Crippen molar-refractivity contribution in [1.82, 2.24) is 0 Å². The number of aliphatic carboxylic acids is 1. The van der Waals surface area contributed by atoms with Gasteiger partial charge in [-0.15, -0.1) is 0 Å². The van der Waals surface area contributed by atoms with Crippen LogP contribution in [0.4, 0.5) is 14.5 Å². The van der Waals surface area contributed by atoms with Gasteiger partial charge in [0.05, 0.1) is 10.8 Å². The van der Waals surface area contributed by atoms with Crippen LogP contribution in [0.15, 0.2) is 41.3 Å². The molecule has 1 aliphatic rings. The number of benzene rings is 1. The fraction of sp³-hybridized carbons (Fsp3) is 0.308. The number of hydrogen-bond acceptors (Lipinski definition) is 4. The molecule has 2 atom stereocenters. The third-order valence-corrected chi connectivity index (χ3v) is 4.57. The predicted molar refractivity (Wildman–Crippen MR) is 71.9 cm³/mol. The van der Waals surface area contributed by atoms with E-state index in [9.17, 15) is 22.0 Å². The van der Waals surface area contributed by atoms with Crippen LogP contribution in [0.2, 0.25) is 0 Å². The van der Waals surface area contributed by atoms with E-state index in [1.165, 1.54) is 12.1 Å². The molecule has 2 N–H and O–H groups in total. The Bertz CT molecular complexity index is 655. The first-order chi connectivity index (χ1) is 9.80. The van der Waals surface area contributed by atoms with E-state index in [2.05, 4.69) is 5.32 Å². The number of halogens is 2. The summed E-state index contributed by atoms with van der Waals surface area (Å²) in [7, 11) is -4.59. The van der Waals surface area contributed by atoms with Gasteiger partial charge >= 0.3 is 11.7 Å². The molecule has 0 aromatic heterocycles. The second-order valence-corrected chi connectivity index (χ2v) is 6.56. The molecule has 8 heteroatoms. The van der Waals surface area contributed by atoms with E-state index in [0.29, 0.717) is 12.1 Å². The van der Waals surface area contributed by atoms with Gasteiger partial charge in [0, 0.05) is 11.7 Å². The summed E-state index contributed by atoms with van der Waals surface area (Å²) in [6.45, 7) is 0. The molecule has 114 valence electrons. The van der Waals surface area contributed by atoms with E-state index in [4.69, 9.17) is 5.11 Å². The van der Waals surface area contributed by atoms with Gasteiger partial charge in [-0.2, -0.15) is 8.78 Å². The Morgan fingerprint density at radius 3 is 2.33 bits per heavy atom. The van der Waals surface area contributed by atoms with E-state index in [-0.39, 0.29) is 6.04 Å². The summed E-state index contributed by atoms with van der Waals surface area (Å²) in [5, 5.41) is 11.9. The molecular weight excluding hydrogens is 304 g/mol. The summed E-state index contributed by atoms with van der Waals surface area (Å²) in [6.07, 6.45) is 3.67. The molecule has 0 amide bonds. The highest BCUT2D eigenvalue weighted by atomic mass is 32.2. The number of rotatable bonds is 5. The lowest BCUT2D eigenvalue weighted by atomic mass is 10.1. The third-order valence-electron chi connectivity index (χ3n) is 3.17. The minimum Gasteiger partial charge on any atom is -0.481 e. The molecule has 0 saturated carbocycles. The van der Waals surface area contributed by atoms with E-state index >= 15 is 0 Å². The summed E-state index contributed by atoms with van der Waals surface area (Å²) < 4.78 is 47.3. The highest BCUT2D eigenvalue weighted by Gasteiger charge is 2.27. The van der Waals surface area contributed by atoms with Crippen molar-refractivity contribution in [2.75, 3.05) is 5.32 Å². The van der Waals surface area contributed by atoms with Gasteiger partial charge in [-0.05, 0) is 30.7 Å². The van der Waals surface area contributed by atoms with Crippen LogP contribution in [-0.4, -0.2) is 31.3 Å². The van der Waals surface area contributed by atoms with Crippen molar-refractivity contribution in [3.63, 3.8) is 0 Å². The largest absolute Gasteiger partial charge is 0.481 e. The van der Waals surface area contributed by atoms with E-state index in [0.717, 1.165) is 12.1 Å². The van der Waals surface area contributed by atoms with Crippen molar-refractivity contribution in [2.24, 2.45) is 5.92 Å². The summed E-state index contributed by atoms with van der Waals surface area (Å²) in [5.41, 5.74) is 0.531. The molecule has 1 aromatic rings. The van der Waals surface area contributed by atoms with Gasteiger partial charge in [0.1, 0.15) is 0 Å². The Hall–Kier alpha value is -1.96. The van der Waals surface area contributed by atoms with Crippen molar-refractivity contribution in [3.8, 4) is 0 Å². The molecule has 0 heterocycles. The number of hydrogen-bond donors (Lipinski definition) is 2. The first kappa shape index (κ1) is 15.4. The monoisotopic (exact) mass is 317 g/mol. The van der Waals surface area contributed by atoms with E-state index in [1.54, 1.807) is 12.2 Å². The molecular formula is C13H13F2NO4S. The maximum absolute atomic E-state index is 12.4. The Morgan fingerprint density at radius 1 is 1.24 bits per heavy atom. The molecule has 0 bridgehead atoms. The average molecular weight is 317 g/mol. The number of anilines is 1. The Balaban J connectivity index is 2.05. The molecule has 2 rings (SSSR count). The first-order valence-electron chi connectivity index (χ1n) is 6.10. The summed E-state index contributed by atoms with van der Waals surface area (Å²) >= 11 is 0. The average Bonchev–Trinajstić information content (AvgIpc) is 2.88. The minimum absolute atomic E-state index is 0.191. The number of alkyl halides is 2. The van der Waals surface area contributed by atoms with Gasteiger partial charge in [0.2, 0.25) is 9.84 Å². The molecule has 1 aromatic carbocycles. The highest BCUT2D eigenvalue weighted by molar-refractivity contribution is 7.91. The van der Waals surface area contributed by atoms with Gasteiger partial charge in [-0.1, -0.05) is 12.2 Å². The standard InChI is InChI=1S/C13H13F2NO4S/c14-13(15)21(19,20)11-5-3-9(4-6-11)16-10-2-1-8(7-10)12(17)18/h1-6,8,10,13,16H,7H2,(H,17,18). The van der Waals surface area contributed by atoms with Gasteiger partial charge in [0.25, 0.3) is 0 Å². The predicted octanol–water partition coefficient (Wildman–Crippen LogP) is 2.12. The Kier molecular flexibility index (Phi) is 4.26. The van der Waals surface area contributed by atoms with Crippen LogP contribution in [0.1, 0.15) is 6.42 Å². The lowest BCUT2D eigenvalue weighted by Gasteiger charge is -2.14. The Morgan fingerprint density at radius 2 is 1.86 bits per heavy atom. The normalized spacial score (nSPS) is 21.7. The van der Waals surface area contributed by atoms with Gasteiger partial charge in [-0.25, -0.2) is 8.42 Å². The maximum Gasteiger partial charge on any atom is 0.341 e. The topological polar surface area (TPSA) is 83.5 Å². The second-order valence-electron chi connectivity index (χ2n) is 4.65. The molecule has 0 radical (unpaired) electrons. The zero-order valence-corrected chi connectivity index (χ0v) is 11.6. The van der Waals surface area contributed by atoms with Crippen molar-refractivity contribution in [3.05, 3.63) is 36.4 Å². The Labute approximate surface area is 120 Å². The molecule has 2 unspecified atom stereocenters. The highest BCUT2D eigenvalue weighted by Crippen LogP contribution is 2.24. The van der Waals surface area contributed by atoms with Gasteiger partial charge in [0.15, 0.2) is 0 Å². The van der Waals surface area contributed by atoms with Crippen LogP contribution < -0.4 is 5.32 Å². The molecule has 1 aliphatic carbocycles. The van der Waals surface area contributed by atoms with Crippen molar-refractivity contribution >= 4 is 21.5 Å². The van der Waals surface area contributed by atoms with Crippen molar-refractivity contribution in [2.45, 2.75) is 23.1 Å². The molecule has 0 saturated heterocycles. The lowest BCUT2D eigenvalue weighted by molar-refractivity contribution is -0.140. The number of sulfone groups is 1. The first-order valence-corrected chi connectivity index (χ1v) is 7.65. The van der Waals surface area contributed by atoms with Gasteiger partial charge in [-0.3, -0.25) is 4.79 Å². The van der Waals surface area contributed by atoms with Crippen molar-refractivity contribution < 1.29 is 27.1 Å². The molecule has 21 heavy (non-hydrogen) atoms. The van der Waals surface area contributed by atoms with E-state index in [1.807, 2.05) is 0 Å². The molecule has 5 nitrogen and oxygen atoms in total. The lowest BCUT2D eigenvalue weighted by Crippen LogP contribution is -2.18.